The maximum Gasteiger partial charge on any atom is 0.331 e. The summed E-state index contributed by atoms with van der Waals surface area (Å²) in [5.41, 5.74) is 0.928. The zero-order valence-electron chi connectivity index (χ0n) is 15.6. The van der Waals surface area contributed by atoms with Crippen LogP contribution in [0.4, 0.5) is 5.69 Å². The lowest BCUT2D eigenvalue weighted by molar-refractivity contribution is -0.148. The van der Waals surface area contributed by atoms with Crippen LogP contribution in [0.2, 0.25) is 0 Å². The molecule has 2 rings (SSSR count). The number of carbonyl (C=O) groups excluding carboxylic acids is 1. The molecule has 0 atom stereocenters. The molecule has 0 radical (unpaired) electrons. The van der Waals surface area contributed by atoms with Gasteiger partial charge in [0.2, 0.25) is 0 Å². The van der Waals surface area contributed by atoms with E-state index in [2.05, 4.69) is 0 Å². The van der Waals surface area contributed by atoms with Crippen LogP contribution in [0.3, 0.4) is 0 Å². The Morgan fingerprint density at radius 1 is 1.12 bits per heavy atom. The summed E-state index contributed by atoms with van der Waals surface area (Å²) in [6, 6.07) is 8.26. The van der Waals surface area contributed by atoms with Gasteiger partial charge in [0.1, 0.15) is 5.60 Å². The maximum absolute atomic E-state index is 12.7. The van der Waals surface area contributed by atoms with Gasteiger partial charge in [-0.05, 0) is 62.7 Å². The molecule has 1 aromatic carbocycles. The van der Waals surface area contributed by atoms with Gasteiger partial charge in [-0.2, -0.15) is 0 Å². The number of aromatic nitrogens is 1. The van der Waals surface area contributed by atoms with Gasteiger partial charge in [0.15, 0.2) is 0 Å². The van der Waals surface area contributed by atoms with Gasteiger partial charge in [-0.3, -0.25) is 0 Å². The number of esters is 1. The lowest BCUT2D eigenvalue weighted by Gasteiger charge is -2.17. The van der Waals surface area contributed by atoms with Crippen LogP contribution in [-0.4, -0.2) is 38.1 Å². The highest BCUT2D eigenvalue weighted by Crippen LogP contribution is 2.19. The first-order valence-corrected chi connectivity index (χ1v) is 9.55. The lowest BCUT2D eigenvalue weighted by atomic mass is 10.2. The Morgan fingerprint density at radius 3 is 2.27 bits per heavy atom. The molecule has 2 aromatic rings. The second-order valence-electron chi connectivity index (χ2n) is 7.03. The van der Waals surface area contributed by atoms with Gasteiger partial charge >= 0.3 is 5.97 Å². The summed E-state index contributed by atoms with van der Waals surface area (Å²) in [6.07, 6.45) is 5.71. The maximum atomic E-state index is 12.7. The monoisotopic (exact) mass is 376 g/mol. The molecule has 0 amide bonds. The van der Waals surface area contributed by atoms with E-state index in [1.807, 2.05) is 19.0 Å². The van der Waals surface area contributed by atoms with E-state index in [4.69, 9.17) is 4.74 Å². The highest BCUT2D eigenvalue weighted by Gasteiger charge is 2.17. The van der Waals surface area contributed by atoms with Crippen molar-refractivity contribution >= 4 is 27.8 Å². The molecule has 0 unspecified atom stereocenters. The number of hydrogen-bond donors (Lipinski definition) is 0. The van der Waals surface area contributed by atoms with Crippen molar-refractivity contribution in [2.45, 2.75) is 31.3 Å². The number of carbonyl (C=O) groups is 1. The largest absolute Gasteiger partial charge is 0.457 e. The number of nitrogens with zero attached hydrogens (tertiary/aromatic N) is 2. The molecule has 26 heavy (non-hydrogen) atoms. The van der Waals surface area contributed by atoms with Crippen LogP contribution in [0.25, 0.3) is 6.08 Å². The van der Waals surface area contributed by atoms with Crippen molar-refractivity contribution < 1.29 is 17.9 Å². The number of rotatable bonds is 5. The molecule has 0 saturated carbocycles. The van der Waals surface area contributed by atoms with Crippen LogP contribution in [-0.2, 0) is 19.6 Å². The summed E-state index contributed by atoms with van der Waals surface area (Å²) >= 11 is 0. The van der Waals surface area contributed by atoms with Crippen LogP contribution in [0, 0.1) is 0 Å². The molecule has 0 N–H and O–H groups in total. The molecule has 0 saturated heterocycles. The molecular weight excluding hydrogens is 352 g/mol. The van der Waals surface area contributed by atoms with Gasteiger partial charge in [-0.25, -0.2) is 17.2 Å². The van der Waals surface area contributed by atoms with Gasteiger partial charge in [0, 0.05) is 38.3 Å². The molecule has 1 aromatic heterocycles. The second kappa shape index (κ2) is 7.37. The van der Waals surface area contributed by atoms with E-state index in [0.717, 1.165) is 9.66 Å². The van der Waals surface area contributed by atoms with Crippen molar-refractivity contribution in [3.05, 3.63) is 54.4 Å². The topological polar surface area (TPSA) is 68.6 Å². The van der Waals surface area contributed by atoms with Crippen molar-refractivity contribution in [1.82, 2.24) is 3.97 Å². The second-order valence-corrected chi connectivity index (χ2v) is 8.88. The minimum absolute atomic E-state index is 0.196. The first kappa shape index (κ1) is 19.8. The van der Waals surface area contributed by atoms with Crippen LogP contribution >= 0.6 is 0 Å². The first-order valence-electron chi connectivity index (χ1n) is 8.11. The van der Waals surface area contributed by atoms with Crippen molar-refractivity contribution in [1.29, 1.82) is 0 Å². The number of ether oxygens (including phenoxy) is 1. The van der Waals surface area contributed by atoms with Crippen LogP contribution in [0.15, 0.2) is 53.7 Å². The van der Waals surface area contributed by atoms with E-state index in [1.165, 1.54) is 24.5 Å². The summed E-state index contributed by atoms with van der Waals surface area (Å²) in [7, 11) is 0.0954. The quantitative estimate of drug-likeness (QED) is 0.592. The zero-order valence-corrected chi connectivity index (χ0v) is 16.4. The van der Waals surface area contributed by atoms with E-state index >= 15 is 0 Å². The van der Waals surface area contributed by atoms with Crippen molar-refractivity contribution in [3.63, 3.8) is 0 Å². The molecule has 7 heteroatoms. The van der Waals surface area contributed by atoms with E-state index in [1.54, 1.807) is 51.1 Å². The lowest BCUT2D eigenvalue weighted by Crippen LogP contribution is -2.22. The molecule has 0 spiro atoms. The number of benzene rings is 1. The van der Waals surface area contributed by atoms with E-state index in [9.17, 15) is 13.2 Å². The summed E-state index contributed by atoms with van der Waals surface area (Å²) < 4.78 is 31.7. The molecule has 0 bridgehead atoms. The average molecular weight is 376 g/mol. The third kappa shape index (κ3) is 4.98. The Morgan fingerprint density at radius 2 is 1.73 bits per heavy atom. The minimum atomic E-state index is -3.68. The van der Waals surface area contributed by atoms with E-state index < -0.39 is 21.6 Å². The van der Waals surface area contributed by atoms with Gasteiger partial charge in [0.05, 0.1) is 4.90 Å². The summed E-state index contributed by atoms with van der Waals surface area (Å²) in [4.78, 5) is 13.8. The normalized spacial score (nSPS) is 12.3. The standard InChI is InChI=1S/C19H24N2O4S/c1-19(2,3)25-18(22)11-6-15-12-13-21(14-15)26(23,24)17-9-7-16(8-10-17)20(4)5/h6-14H,1-5H3. The molecule has 0 aliphatic rings. The molecule has 140 valence electrons. The van der Waals surface area contributed by atoms with Crippen LogP contribution < -0.4 is 4.90 Å². The molecule has 0 aliphatic heterocycles. The molecule has 0 fully saturated rings. The number of hydrogen-bond acceptors (Lipinski definition) is 5. The molecular formula is C19H24N2O4S. The Balaban J connectivity index is 2.18. The fraction of sp³-hybridized carbons (Fsp3) is 0.316. The average Bonchev–Trinajstić information content (AvgIpc) is 3.01. The van der Waals surface area contributed by atoms with Crippen molar-refractivity contribution in [2.24, 2.45) is 0 Å². The summed E-state index contributed by atoms with van der Waals surface area (Å²) in [5, 5.41) is 0. The SMILES string of the molecule is CN(C)c1ccc(S(=O)(=O)n2ccc(C=CC(=O)OC(C)(C)C)c2)cc1. The highest BCUT2D eigenvalue weighted by atomic mass is 32.2. The fourth-order valence-electron chi connectivity index (χ4n) is 2.18. The van der Waals surface area contributed by atoms with Crippen molar-refractivity contribution in [2.75, 3.05) is 19.0 Å². The predicted octanol–water partition coefficient (Wildman–Crippen LogP) is 3.15. The van der Waals surface area contributed by atoms with Crippen LogP contribution in [0.1, 0.15) is 26.3 Å². The van der Waals surface area contributed by atoms with Gasteiger partial charge in [-0.15, -0.1) is 0 Å². The Kier molecular flexibility index (Phi) is 5.61. The van der Waals surface area contributed by atoms with Gasteiger partial charge in [-0.1, -0.05) is 0 Å². The minimum Gasteiger partial charge on any atom is -0.457 e. The summed E-state index contributed by atoms with van der Waals surface area (Å²) in [6.45, 7) is 5.34. The van der Waals surface area contributed by atoms with Crippen molar-refractivity contribution in [3.8, 4) is 0 Å². The van der Waals surface area contributed by atoms with Gasteiger partial charge in [0.25, 0.3) is 10.0 Å². The molecule has 1 heterocycles. The van der Waals surface area contributed by atoms with Crippen LogP contribution in [0.5, 0.6) is 0 Å². The summed E-state index contributed by atoms with van der Waals surface area (Å²) in [5.74, 6) is -0.479. The fourth-order valence-corrected chi connectivity index (χ4v) is 3.38. The smallest absolute Gasteiger partial charge is 0.331 e. The molecule has 0 aliphatic carbocycles. The van der Waals surface area contributed by atoms with Gasteiger partial charge < -0.3 is 9.64 Å². The third-order valence-electron chi connectivity index (χ3n) is 3.44. The van der Waals surface area contributed by atoms with E-state index in [-0.39, 0.29) is 4.90 Å². The Hall–Kier alpha value is -2.54. The van der Waals surface area contributed by atoms with E-state index in [0.29, 0.717) is 5.56 Å². The number of anilines is 1. The Labute approximate surface area is 154 Å². The molecule has 6 nitrogen and oxygen atoms in total. The Bertz CT molecular complexity index is 902. The predicted molar refractivity (Wildman–Crippen MR) is 103 cm³/mol. The first-order chi connectivity index (χ1) is 12.0. The highest BCUT2D eigenvalue weighted by molar-refractivity contribution is 7.90. The third-order valence-corrected chi connectivity index (χ3v) is 5.09. The zero-order chi connectivity index (χ0) is 19.5.